The average Bonchev–Trinajstić information content (AvgIpc) is 3.74. The van der Waals surface area contributed by atoms with Gasteiger partial charge in [0.25, 0.3) is 0 Å². The third-order valence-corrected chi connectivity index (χ3v) is 10.6. The van der Waals surface area contributed by atoms with Crippen molar-refractivity contribution in [2.24, 2.45) is 0 Å². The lowest BCUT2D eigenvalue weighted by Crippen LogP contribution is -2.00. The van der Waals surface area contributed by atoms with Gasteiger partial charge in [-0.15, -0.1) is 0 Å². The zero-order valence-electron chi connectivity index (χ0n) is 28.2. The fourth-order valence-corrected chi connectivity index (χ4v) is 8.30. The van der Waals surface area contributed by atoms with Crippen molar-refractivity contribution < 1.29 is 0 Å². The minimum atomic E-state index is 0.905. The summed E-state index contributed by atoms with van der Waals surface area (Å²) in [6.45, 7) is 0. The van der Waals surface area contributed by atoms with Crippen molar-refractivity contribution >= 4 is 54.4 Å². The largest absolute Gasteiger partial charge is 0.309 e. The first-order chi connectivity index (χ1) is 25.8. The van der Waals surface area contributed by atoms with Crippen molar-refractivity contribution in [3.8, 4) is 45.0 Å². The van der Waals surface area contributed by atoms with Crippen LogP contribution in [0.3, 0.4) is 0 Å². The molecule has 52 heavy (non-hydrogen) atoms. The molecule has 0 bridgehead atoms. The van der Waals surface area contributed by atoms with E-state index in [1.165, 1.54) is 60.0 Å². The number of hydrogen-bond donors (Lipinski definition) is 0. The van der Waals surface area contributed by atoms with Crippen molar-refractivity contribution in [2.45, 2.75) is 0 Å². The highest BCUT2D eigenvalue weighted by Crippen LogP contribution is 2.43. The molecule has 3 nitrogen and oxygen atoms in total. The van der Waals surface area contributed by atoms with Gasteiger partial charge in [-0.05, 0) is 87.6 Å². The summed E-state index contributed by atoms with van der Waals surface area (Å²) in [5, 5.41) is 7.50. The van der Waals surface area contributed by atoms with Crippen LogP contribution in [0.2, 0.25) is 0 Å². The Morgan fingerprint density at radius 2 is 0.962 bits per heavy atom. The molecule has 0 spiro atoms. The Labute approximate surface area is 300 Å². The SMILES string of the molecule is c1ccc(-c2cc(-c3ccccc3)nc(-n3c4cccc5ccc6cc(-c7ccc8c9ccccc9n(-c9ccccc9)c8c7)cc3c6c54)c2)cc1. The maximum Gasteiger partial charge on any atom is 0.138 e. The van der Waals surface area contributed by atoms with Crippen LogP contribution in [0.4, 0.5) is 0 Å². The van der Waals surface area contributed by atoms with E-state index in [1.54, 1.807) is 0 Å². The zero-order chi connectivity index (χ0) is 34.2. The summed E-state index contributed by atoms with van der Waals surface area (Å²) in [6.07, 6.45) is 0. The molecule has 0 unspecified atom stereocenters. The van der Waals surface area contributed by atoms with Crippen molar-refractivity contribution in [3.63, 3.8) is 0 Å². The molecule has 0 N–H and O–H groups in total. The maximum absolute atomic E-state index is 5.40. The van der Waals surface area contributed by atoms with Gasteiger partial charge in [0.2, 0.25) is 0 Å². The van der Waals surface area contributed by atoms with E-state index in [-0.39, 0.29) is 0 Å². The molecule has 3 heterocycles. The molecule has 11 rings (SSSR count). The van der Waals surface area contributed by atoms with Gasteiger partial charge in [0.1, 0.15) is 5.82 Å². The fraction of sp³-hybridized carbons (Fsp3) is 0. The molecule has 0 atom stereocenters. The number of para-hydroxylation sites is 2. The number of aromatic nitrogens is 3. The van der Waals surface area contributed by atoms with E-state index in [4.69, 9.17) is 4.98 Å². The first kappa shape index (κ1) is 28.8. The van der Waals surface area contributed by atoms with E-state index in [0.717, 1.165) is 39.4 Å². The van der Waals surface area contributed by atoms with Gasteiger partial charge in [-0.25, -0.2) is 4.98 Å². The number of hydrogen-bond acceptors (Lipinski definition) is 1. The van der Waals surface area contributed by atoms with Gasteiger partial charge in [-0.1, -0.05) is 133 Å². The highest BCUT2D eigenvalue weighted by molar-refractivity contribution is 6.25. The van der Waals surface area contributed by atoms with Gasteiger partial charge >= 0.3 is 0 Å². The van der Waals surface area contributed by atoms with Crippen LogP contribution in [-0.2, 0) is 0 Å². The summed E-state index contributed by atoms with van der Waals surface area (Å²) in [6, 6.07) is 67.8. The topological polar surface area (TPSA) is 22.8 Å². The van der Waals surface area contributed by atoms with E-state index in [2.05, 4.69) is 197 Å². The van der Waals surface area contributed by atoms with Crippen LogP contribution in [0.25, 0.3) is 99.4 Å². The van der Waals surface area contributed by atoms with Gasteiger partial charge < -0.3 is 4.57 Å². The van der Waals surface area contributed by atoms with Crippen molar-refractivity contribution in [3.05, 3.63) is 188 Å². The predicted molar refractivity (Wildman–Crippen MR) is 218 cm³/mol. The number of fused-ring (bicyclic) bond motifs is 3. The molecule has 3 heteroatoms. The van der Waals surface area contributed by atoms with Gasteiger partial charge in [0.15, 0.2) is 0 Å². The second-order valence-corrected chi connectivity index (χ2v) is 13.6. The molecule has 0 aliphatic rings. The molecule has 3 aromatic heterocycles. The molecule has 11 aromatic rings. The third kappa shape index (κ3) is 4.36. The van der Waals surface area contributed by atoms with Gasteiger partial charge in [-0.3, -0.25) is 4.57 Å². The van der Waals surface area contributed by atoms with E-state index in [1.807, 2.05) is 0 Å². The molecule has 0 amide bonds. The van der Waals surface area contributed by atoms with E-state index >= 15 is 0 Å². The number of rotatable bonds is 5. The summed E-state index contributed by atoms with van der Waals surface area (Å²) in [5.74, 6) is 0.905. The van der Waals surface area contributed by atoms with Gasteiger partial charge in [0, 0.05) is 32.8 Å². The molecule has 8 aromatic carbocycles. The summed E-state index contributed by atoms with van der Waals surface area (Å²) in [5.41, 5.74) is 12.6. The second kappa shape index (κ2) is 11.3. The number of pyridine rings is 1. The Balaban J connectivity index is 1.20. The molecule has 0 fully saturated rings. The molecule has 0 radical (unpaired) electrons. The smallest absolute Gasteiger partial charge is 0.138 e. The average molecular weight is 662 g/mol. The lowest BCUT2D eigenvalue weighted by molar-refractivity contribution is 1.08. The molecular formula is C49H31N3. The van der Waals surface area contributed by atoms with E-state index < -0.39 is 0 Å². The Morgan fingerprint density at radius 1 is 0.327 bits per heavy atom. The first-order valence-electron chi connectivity index (χ1n) is 17.8. The third-order valence-electron chi connectivity index (χ3n) is 10.6. The van der Waals surface area contributed by atoms with Crippen LogP contribution in [0, 0.1) is 0 Å². The maximum atomic E-state index is 5.40. The predicted octanol–water partition coefficient (Wildman–Crippen LogP) is 12.9. The molecule has 0 saturated carbocycles. The van der Waals surface area contributed by atoms with Gasteiger partial charge in [0.05, 0.1) is 27.8 Å². The highest BCUT2D eigenvalue weighted by Gasteiger charge is 2.21. The van der Waals surface area contributed by atoms with Gasteiger partial charge in [-0.2, -0.15) is 0 Å². The van der Waals surface area contributed by atoms with Crippen LogP contribution in [0.5, 0.6) is 0 Å². The van der Waals surface area contributed by atoms with Crippen LogP contribution < -0.4 is 0 Å². The highest BCUT2D eigenvalue weighted by atomic mass is 15.1. The standard InChI is InChI=1S/C49H31N3/c1-4-13-32(14-5-1)38-28-42(33-15-6-2-7-16-33)50-47(31-38)52-44-22-12-17-34-23-24-36-27-37(30-46(52)49(36)48(34)44)35-25-26-41-40-20-10-11-21-43(40)51(45(41)29-35)39-18-8-3-9-19-39/h1-31H. The molecule has 0 aliphatic heterocycles. The van der Waals surface area contributed by atoms with Crippen molar-refractivity contribution in [1.29, 1.82) is 0 Å². The molecule has 0 aliphatic carbocycles. The van der Waals surface area contributed by atoms with Crippen molar-refractivity contribution in [1.82, 2.24) is 14.1 Å². The summed E-state index contributed by atoms with van der Waals surface area (Å²) >= 11 is 0. The lowest BCUT2D eigenvalue weighted by Gasteiger charge is -2.14. The fourth-order valence-electron chi connectivity index (χ4n) is 8.30. The van der Waals surface area contributed by atoms with Crippen LogP contribution >= 0.6 is 0 Å². The van der Waals surface area contributed by atoms with Crippen molar-refractivity contribution in [2.75, 3.05) is 0 Å². The van der Waals surface area contributed by atoms with E-state index in [0.29, 0.717) is 0 Å². The monoisotopic (exact) mass is 661 g/mol. The van der Waals surface area contributed by atoms with Crippen LogP contribution in [0.15, 0.2) is 188 Å². The number of nitrogens with zero attached hydrogens (tertiary/aromatic N) is 3. The molecule has 0 saturated heterocycles. The number of benzene rings is 8. The quantitative estimate of drug-likeness (QED) is 0.168. The zero-order valence-corrected chi connectivity index (χ0v) is 28.2. The normalized spacial score (nSPS) is 11.8. The van der Waals surface area contributed by atoms with E-state index in [9.17, 15) is 0 Å². The van der Waals surface area contributed by atoms with Crippen LogP contribution in [-0.4, -0.2) is 14.1 Å². The Morgan fingerprint density at radius 3 is 1.79 bits per heavy atom. The Kier molecular flexibility index (Phi) is 6.25. The minimum absolute atomic E-state index is 0.905. The summed E-state index contributed by atoms with van der Waals surface area (Å²) in [7, 11) is 0. The first-order valence-corrected chi connectivity index (χ1v) is 17.8. The minimum Gasteiger partial charge on any atom is -0.309 e. The lowest BCUT2D eigenvalue weighted by atomic mass is 9.97. The second-order valence-electron chi connectivity index (χ2n) is 13.6. The molecular weight excluding hydrogens is 631 g/mol. The summed E-state index contributed by atoms with van der Waals surface area (Å²) in [4.78, 5) is 5.40. The molecule has 242 valence electrons. The Bertz CT molecular complexity index is 3040. The van der Waals surface area contributed by atoms with Crippen LogP contribution in [0.1, 0.15) is 0 Å². The Hall–Kier alpha value is -6.97. The summed E-state index contributed by atoms with van der Waals surface area (Å²) < 4.78 is 4.77.